The third-order valence-electron chi connectivity index (χ3n) is 3.77. The van der Waals surface area contributed by atoms with Crippen LogP contribution in [0.2, 0.25) is 10.0 Å². The fraction of sp³-hybridized carbons (Fsp3) is 0.538. The molecule has 2 aliphatic heterocycles. The maximum absolute atomic E-state index is 12.5. The van der Waals surface area contributed by atoms with Gasteiger partial charge in [0.1, 0.15) is 12.4 Å². The van der Waals surface area contributed by atoms with E-state index in [9.17, 15) is 8.42 Å². The van der Waals surface area contributed by atoms with Crippen LogP contribution in [0.4, 0.5) is 0 Å². The van der Waals surface area contributed by atoms with Gasteiger partial charge in [-0.15, -0.1) is 0 Å². The molecule has 2 aliphatic rings. The van der Waals surface area contributed by atoms with Gasteiger partial charge in [-0.2, -0.15) is 17.4 Å². The van der Waals surface area contributed by atoms with Crippen molar-refractivity contribution in [2.75, 3.05) is 26.2 Å². The first-order valence-electron chi connectivity index (χ1n) is 6.99. The van der Waals surface area contributed by atoms with Gasteiger partial charge in [0.15, 0.2) is 0 Å². The summed E-state index contributed by atoms with van der Waals surface area (Å²) < 4.78 is 34.7. The SMILES string of the molecule is CC1CN(S(=O)(=O)NC2COc3c(Cl)cc(Cl)cc32)CCN1. The third-order valence-corrected chi connectivity index (χ3v) is 5.86. The number of rotatable bonds is 3. The normalized spacial score (nSPS) is 25.8. The zero-order chi connectivity index (χ0) is 15.9. The Morgan fingerprint density at radius 2 is 2.18 bits per heavy atom. The number of piperazine rings is 1. The summed E-state index contributed by atoms with van der Waals surface area (Å²) in [4.78, 5) is 0. The topological polar surface area (TPSA) is 70.7 Å². The number of ether oxygens (including phenoxy) is 1. The second-order valence-electron chi connectivity index (χ2n) is 5.51. The molecule has 2 atom stereocenters. The molecule has 1 aromatic rings. The Kier molecular flexibility index (Phi) is 4.55. The number of fused-ring (bicyclic) bond motifs is 1. The molecule has 22 heavy (non-hydrogen) atoms. The molecule has 0 amide bonds. The lowest BCUT2D eigenvalue weighted by atomic mass is 10.1. The van der Waals surface area contributed by atoms with Gasteiger partial charge in [0.05, 0.1) is 11.1 Å². The first-order chi connectivity index (χ1) is 10.4. The van der Waals surface area contributed by atoms with E-state index in [0.717, 1.165) is 0 Å². The van der Waals surface area contributed by atoms with Gasteiger partial charge in [-0.3, -0.25) is 0 Å². The van der Waals surface area contributed by atoms with Crippen molar-refractivity contribution < 1.29 is 13.2 Å². The van der Waals surface area contributed by atoms with Crippen LogP contribution >= 0.6 is 23.2 Å². The summed E-state index contributed by atoms with van der Waals surface area (Å²) >= 11 is 12.1. The zero-order valence-electron chi connectivity index (χ0n) is 12.0. The minimum absolute atomic E-state index is 0.126. The van der Waals surface area contributed by atoms with E-state index in [1.807, 2.05) is 6.92 Å². The van der Waals surface area contributed by atoms with E-state index in [2.05, 4.69) is 10.0 Å². The van der Waals surface area contributed by atoms with Crippen molar-refractivity contribution in [3.05, 3.63) is 27.7 Å². The molecule has 122 valence electrons. The van der Waals surface area contributed by atoms with Gasteiger partial charge in [-0.25, -0.2) is 0 Å². The van der Waals surface area contributed by atoms with Gasteiger partial charge in [0, 0.05) is 36.3 Å². The molecule has 0 saturated carbocycles. The summed E-state index contributed by atoms with van der Waals surface area (Å²) in [6.07, 6.45) is 0. The van der Waals surface area contributed by atoms with E-state index in [1.54, 1.807) is 12.1 Å². The maximum Gasteiger partial charge on any atom is 0.280 e. The maximum atomic E-state index is 12.5. The molecule has 0 bridgehead atoms. The van der Waals surface area contributed by atoms with Gasteiger partial charge < -0.3 is 10.1 Å². The van der Waals surface area contributed by atoms with E-state index in [0.29, 0.717) is 41.0 Å². The van der Waals surface area contributed by atoms with Crippen LogP contribution in [-0.2, 0) is 10.2 Å². The first kappa shape index (κ1) is 16.3. The van der Waals surface area contributed by atoms with E-state index in [-0.39, 0.29) is 12.6 Å². The highest BCUT2D eigenvalue weighted by atomic mass is 35.5. The minimum Gasteiger partial charge on any atom is -0.490 e. The largest absolute Gasteiger partial charge is 0.490 e. The van der Waals surface area contributed by atoms with Crippen LogP contribution in [-0.4, -0.2) is 45.0 Å². The smallest absolute Gasteiger partial charge is 0.280 e. The first-order valence-corrected chi connectivity index (χ1v) is 9.19. The average Bonchev–Trinajstić information content (AvgIpc) is 2.81. The highest BCUT2D eigenvalue weighted by molar-refractivity contribution is 7.87. The molecule has 0 radical (unpaired) electrons. The average molecular weight is 366 g/mol. The highest BCUT2D eigenvalue weighted by Gasteiger charge is 2.34. The number of nitrogens with zero attached hydrogens (tertiary/aromatic N) is 1. The molecule has 1 saturated heterocycles. The molecule has 2 unspecified atom stereocenters. The summed E-state index contributed by atoms with van der Waals surface area (Å²) in [7, 11) is -3.59. The van der Waals surface area contributed by atoms with Crippen LogP contribution in [0.5, 0.6) is 5.75 Å². The number of hydrogen-bond donors (Lipinski definition) is 2. The Balaban J connectivity index is 1.80. The lowest BCUT2D eigenvalue weighted by Gasteiger charge is -2.31. The fourth-order valence-corrected chi connectivity index (χ4v) is 4.73. The Morgan fingerprint density at radius 3 is 2.91 bits per heavy atom. The summed E-state index contributed by atoms with van der Waals surface area (Å²) in [5, 5.41) is 4.06. The molecule has 2 heterocycles. The summed E-state index contributed by atoms with van der Waals surface area (Å²) in [6.45, 7) is 3.67. The van der Waals surface area contributed by atoms with Crippen molar-refractivity contribution >= 4 is 33.4 Å². The molecule has 0 aromatic heterocycles. The van der Waals surface area contributed by atoms with Crippen molar-refractivity contribution in [1.29, 1.82) is 0 Å². The molecule has 0 aliphatic carbocycles. The Hall–Kier alpha value is -0.570. The quantitative estimate of drug-likeness (QED) is 0.852. The summed E-state index contributed by atoms with van der Waals surface area (Å²) in [5.41, 5.74) is 0.671. The van der Waals surface area contributed by atoms with Crippen molar-refractivity contribution in [3.63, 3.8) is 0 Å². The van der Waals surface area contributed by atoms with Crippen LogP contribution in [0.3, 0.4) is 0 Å². The van der Waals surface area contributed by atoms with Crippen LogP contribution in [0, 0.1) is 0 Å². The van der Waals surface area contributed by atoms with Crippen LogP contribution in [0.15, 0.2) is 12.1 Å². The third kappa shape index (κ3) is 3.20. The molecular weight excluding hydrogens is 349 g/mol. The second kappa shape index (κ2) is 6.14. The minimum atomic E-state index is -3.59. The van der Waals surface area contributed by atoms with E-state index >= 15 is 0 Å². The molecule has 2 N–H and O–H groups in total. The van der Waals surface area contributed by atoms with Crippen LogP contribution < -0.4 is 14.8 Å². The predicted molar refractivity (Wildman–Crippen MR) is 85.8 cm³/mol. The Morgan fingerprint density at radius 1 is 1.41 bits per heavy atom. The number of halogens is 2. The van der Waals surface area contributed by atoms with E-state index in [4.69, 9.17) is 27.9 Å². The molecule has 9 heteroatoms. The van der Waals surface area contributed by atoms with Gasteiger partial charge in [0.25, 0.3) is 10.2 Å². The predicted octanol–water partition coefficient (Wildman–Crippen LogP) is 1.56. The fourth-order valence-electron chi connectivity index (χ4n) is 2.71. The van der Waals surface area contributed by atoms with Gasteiger partial charge >= 0.3 is 0 Å². The van der Waals surface area contributed by atoms with Crippen LogP contribution in [0.1, 0.15) is 18.5 Å². The monoisotopic (exact) mass is 365 g/mol. The van der Waals surface area contributed by atoms with Crippen molar-refractivity contribution in [1.82, 2.24) is 14.3 Å². The molecule has 3 rings (SSSR count). The molecular formula is C13H17Cl2N3O3S. The zero-order valence-corrected chi connectivity index (χ0v) is 14.3. The number of hydrogen-bond acceptors (Lipinski definition) is 4. The second-order valence-corrected chi connectivity index (χ2v) is 8.05. The lowest BCUT2D eigenvalue weighted by Crippen LogP contribution is -2.54. The Labute approximate surface area is 139 Å². The summed E-state index contributed by atoms with van der Waals surface area (Å²) in [5.74, 6) is 0.493. The van der Waals surface area contributed by atoms with Gasteiger partial charge in [0.2, 0.25) is 0 Å². The molecule has 6 nitrogen and oxygen atoms in total. The molecule has 0 spiro atoms. The van der Waals surface area contributed by atoms with Gasteiger partial charge in [-0.1, -0.05) is 23.2 Å². The van der Waals surface area contributed by atoms with Gasteiger partial charge in [-0.05, 0) is 19.1 Å². The molecule has 1 fully saturated rings. The molecule has 1 aromatic carbocycles. The number of benzene rings is 1. The standard InChI is InChI=1S/C13H17Cl2N3O3S/c1-8-6-18(3-2-16-8)22(19,20)17-12-7-21-13-10(12)4-9(14)5-11(13)15/h4-5,8,12,16-17H,2-3,6-7H2,1H3. The van der Waals surface area contributed by atoms with Crippen LogP contribution in [0.25, 0.3) is 0 Å². The van der Waals surface area contributed by atoms with E-state index in [1.165, 1.54) is 4.31 Å². The van der Waals surface area contributed by atoms with Crippen molar-refractivity contribution in [3.8, 4) is 5.75 Å². The van der Waals surface area contributed by atoms with E-state index < -0.39 is 16.3 Å². The number of nitrogens with one attached hydrogen (secondary N) is 2. The highest BCUT2D eigenvalue weighted by Crippen LogP contribution is 2.40. The lowest BCUT2D eigenvalue weighted by molar-refractivity contribution is 0.295. The van der Waals surface area contributed by atoms with Crippen molar-refractivity contribution in [2.24, 2.45) is 0 Å². The summed E-state index contributed by atoms with van der Waals surface area (Å²) in [6, 6.07) is 2.91. The van der Waals surface area contributed by atoms with Crippen molar-refractivity contribution in [2.45, 2.75) is 19.0 Å². The Bertz CT molecular complexity index is 683.